The summed E-state index contributed by atoms with van der Waals surface area (Å²) in [6, 6.07) is 5.25. The maximum atomic E-state index is 12.6. The third kappa shape index (κ3) is 8.29. The molecule has 2 amide bonds. The van der Waals surface area contributed by atoms with Crippen molar-refractivity contribution in [2.45, 2.75) is 32.1 Å². The van der Waals surface area contributed by atoms with Gasteiger partial charge >= 0.3 is 0 Å². The van der Waals surface area contributed by atoms with Crippen molar-refractivity contribution in [1.82, 2.24) is 14.7 Å². The first kappa shape index (κ1) is 26.0. The van der Waals surface area contributed by atoms with Crippen LogP contribution in [0, 0.1) is 5.92 Å². The third-order valence-corrected chi connectivity index (χ3v) is 7.16. The predicted octanol–water partition coefficient (Wildman–Crippen LogP) is 4.21. The fraction of sp³-hybridized carbons (Fsp3) is 0.600. The van der Waals surface area contributed by atoms with Gasteiger partial charge < -0.3 is 19.4 Å². The second-order valence-electron chi connectivity index (χ2n) is 8.93. The van der Waals surface area contributed by atoms with Gasteiger partial charge in [-0.15, -0.1) is 0 Å². The van der Waals surface area contributed by atoms with Gasteiger partial charge in [0.05, 0.1) is 16.7 Å². The van der Waals surface area contributed by atoms with E-state index in [4.69, 9.17) is 27.9 Å². The zero-order valence-electron chi connectivity index (χ0n) is 19.5. The fourth-order valence-electron chi connectivity index (χ4n) is 4.58. The van der Waals surface area contributed by atoms with E-state index < -0.39 is 0 Å². The number of ether oxygens (including phenoxy) is 1. The Morgan fingerprint density at radius 2 is 1.94 bits per heavy atom. The largest absolute Gasteiger partial charge is 0.384 e. The minimum absolute atomic E-state index is 0.0913. The highest BCUT2D eigenvalue weighted by Crippen LogP contribution is 2.23. The number of likely N-dealkylation sites (tertiary alicyclic amines) is 1. The number of amides is 2. The highest BCUT2D eigenvalue weighted by molar-refractivity contribution is 6.42. The number of methoxy groups -OCH3 is 1. The highest BCUT2D eigenvalue weighted by atomic mass is 35.5. The van der Waals surface area contributed by atoms with Crippen LogP contribution in [0.15, 0.2) is 24.3 Å². The van der Waals surface area contributed by atoms with Gasteiger partial charge in [-0.1, -0.05) is 29.3 Å². The van der Waals surface area contributed by atoms with Crippen molar-refractivity contribution in [2.24, 2.45) is 5.92 Å². The van der Waals surface area contributed by atoms with Gasteiger partial charge in [0.25, 0.3) is 0 Å². The Hall–Kier alpha value is -1.60. The van der Waals surface area contributed by atoms with Crippen LogP contribution in [-0.2, 0) is 14.3 Å². The summed E-state index contributed by atoms with van der Waals surface area (Å²) in [5.41, 5.74) is 0.813. The van der Waals surface area contributed by atoms with E-state index in [1.54, 1.807) is 30.2 Å². The Bertz CT molecular complexity index is 831. The van der Waals surface area contributed by atoms with Crippen LogP contribution in [-0.4, -0.2) is 86.0 Å². The number of carbonyl (C=O) groups is 2. The number of piperidine rings is 1. The molecule has 0 aromatic heterocycles. The number of hydrogen-bond acceptors (Lipinski definition) is 4. The monoisotopic (exact) mass is 495 g/mol. The Labute approximate surface area is 207 Å². The predicted molar refractivity (Wildman–Crippen MR) is 134 cm³/mol. The topological polar surface area (TPSA) is 53.1 Å². The van der Waals surface area contributed by atoms with Gasteiger partial charge in [0.1, 0.15) is 0 Å². The molecule has 2 saturated heterocycles. The van der Waals surface area contributed by atoms with Crippen molar-refractivity contribution in [3.8, 4) is 0 Å². The van der Waals surface area contributed by atoms with Gasteiger partial charge in [0, 0.05) is 52.3 Å². The Balaban J connectivity index is 1.40. The molecule has 1 aromatic carbocycles. The molecule has 0 N–H and O–H groups in total. The second-order valence-corrected chi connectivity index (χ2v) is 9.75. The molecule has 1 atom stereocenters. The van der Waals surface area contributed by atoms with E-state index in [1.807, 2.05) is 11.0 Å². The molecule has 0 saturated carbocycles. The average Bonchev–Trinajstić information content (AvgIpc) is 2.99. The van der Waals surface area contributed by atoms with Crippen LogP contribution < -0.4 is 0 Å². The maximum Gasteiger partial charge on any atom is 0.246 e. The summed E-state index contributed by atoms with van der Waals surface area (Å²) in [5, 5.41) is 0.940. The number of carbonyl (C=O) groups excluding carboxylic acids is 2. The minimum atomic E-state index is -0.0913. The van der Waals surface area contributed by atoms with Gasteiger partial charge in [-0.25, -0.2) is 0 Å². The lowest BCUT2D eigenvalue weighted by Gasteiger charge is -2.32. The number of halogens is 2. The molecule has 1 unspecified atom stereocenters. The molecule has 0 aliphatic carbocycles. The van der Waals surface area contributed by atoms with Gasteiger partial charge in [0.2, 0.25) is 11.8 Å². The van der Waals surface area contributed by atoms with Crippen molar-refractivity contribution < 1.29 is 14.3 Å². The number of hydrogen-bond donors (Lipinski definition) is 0. The molecule has 3 rings (SSSR count). The summed E-state index contributed by atoms with van der Waals surface area (Å²) in [4.78, 5) is 31.4. The van der Waals surface area contributed by atoms with Crippen LogP contribution in [0.3, 0.4) is 0 Å². The Kier molecular flexibility index (Phi) is 10.5. The van der Waals surface area contributed by atoms with E-state index in [2.05, 4.69) is 4.90 Å². The molecule has 0 spiro atoms. The smallest absolute Gasteiger partial charge is 0.246 e. The van der Waals surface area contributed by atoms with E-state index in [1.165, 1.54) is 18.9 Å². The summed E-state index contributed by atoms with van der Waals surface area (Å²) < 4.78 is 5.32. The highest BCUT2D eigenvalue weighted by Gasteiger charge is 2.23. The number of unbranched alkanes of at least 4 members (excludes halogenated alkanes) is 1. The van der Waals surface area contributed by atoms with Crippen molar-refractivity contribution in [2.75, 3.05) is 59.5 Å². The van der Waals surface area contributed by atoms with E-state index in [-0.39, 0.29) is 11.8 Å². The minimum Gasteiger partial charge on any atom is -0.384 e. The van der Waals surface area contributed by atoms with Crippen molar-refractivity contribution >= 4 is 41.1 Å². The molecule has 0 bridgehead atoms. The van der Waals surface area contributed by atoms with Crippen molar-refractivity contribution in [3.63, 3.8) is 0 Å². The van der Waals surface area contributed by atoms with Gasteiger partial charge in [-0.2, -0.15) is 0 Å². The number of rotatable bonds is 9. The van der Waals surface area contributed by atoms with Crippen molar-refractivity contribution in [1.29, 1.82) is 0 Å². The van der Waals surface area contributed by atoms with Gasteiger partial charge in [-0.3, -0.25) is 9.59 Å². The average molecular weight is 496 g/mol. The normalized spacial score (nSPS) is 20.5. The quantitative estimate of drug-likeness (QED) is 0.380. The Morgan fingerprint density at radius 3 is 2.73 bits per heavy atom. The zero-order chi connectivity index (χ0) is 23.6. The molecule has 2 heterocycles. The molecule has 33 heavy (non-hydrogen) atoms. The van der Waals surface area contributed by atoms with Crippen LogP contribution in [0.4, 0.5) is 0 Å². The Morgan fingerprint density at radius 1 is 1.12 bits per heavy atom. The molecule has 2 aliphatic heterocycles. The molecule has 8 heteroatoms. The first-order valence-electron chi connectivity index (χ1n) is 11.9. The van der Waals surface area contributed by atoms with Crippen molar-refractivity contribution in [3.05, 3.63) is 39.9 Å². The van der Waals surface area contributed by atoms with Crippen LogP contribution in [0.25, 0.3) is 6.08 Å². The van der Waals surface area contributed by atoms with Gasteiger partial charge in [0.15, 0.2) is 0 Å². The standard InChI is InChI=1S/C25H35Cl2N3O3/c1-33-19-21-5-4-12-28(18-21)11-2-3-13-29-15-16-30(14-10-25(29)32)24(31)9-7-20-6-8-22(26)23(27)17-20/h6-9,17,21H,2-5,10-16,18-19H2,1H3. The summed E-state index contributed by atoms with van der Waals surface area (Å²) >= 11 is 12.0. The molecule has 2 fully saturated rings. The van der Waals surface area contributed by atoms with Crippen LogP contribution in [0.1, 0.15) is 37.7 Å². The van der Waals surface area contributed by atoms with Gasteiger partial charge in [-0.05, 0) is 68.5 Å². The lowest BCUT2D eigenvalue weighted by molar-refractivity contribution is -0.130. The zero-order valence-corrected chi connectivity index (χ0v) is 21.0. The molecule has 1 aromatic rings. The number of nitrogens with zero attached hydrogens (tertiary/aromatic N) is 3. The van der Waals surface area contributed by atoms with E-state index >= 15 is 0 Å². The van der Waals surface area contributed by atoms with E-state index in [9.17, 15) is 9.59 Å². The maximum absolute atomic E-state index is 12.6. The van der Waals surface area contributed by atoms with Crippen LogP contribution in [0.2, 0.25) is 10.0 Å². The van der Waals surface area contributed by atoms with Crippen LogP contribution in [0.5, 0.6) is 0 Å². The second kappa shape index (κ2) is 13.3. The lowest BCUT2D eigenvalue weighted by Crippen LogP contribution is -2.38. The summed E-state index contributed by atoms with van der Waals surface area (Å²) in [5.74, 6) is 0.688. The molecule has 182 valence electrons. The van der Waals surface area contributed by atoms with Crippen LogP contribution >= 0.6 is 23.2 Å². The molecule has 2 aliphatic rings. The first-order valence-corrected chi connectivity index (χ1v) is 12.6. The SMILES string of the molecule is COCC1CCCN(CCCCN2CCN(C(=O)C=Cc3ccc(Cl)c(Cl)c3)CCC2=O)C1. The molecule has 0 radical (unpaired) electrons. The molecular formula is C25H35Cl2N3O3. The number of benzene rings is 1. The summed E-state index contributed by atoms with van der Waals surface area (Å²) in [6.45, 7) is 6.55. The van der Waals surface area contributed by atoms with E-state index in [0.29, 0.717) is 42.0 Å². The third-order valence-electron chi connectivity index (χ3n) is 6.42. The van der Waals surface area contributed by atoms with E-state index in [0.717, 1.165) is 51.2 Å². The summed E-state index contributed by atoms with van der Waals surface area (Å²) in [6.07, 6.45) is 8.20. The summed E-state index contributed by atoms with van der Waals surface area (Å²) in [7, 11) is 1.78. The molecule has 6 nitrogen and oxygen atoms in total. The molecular weight excluding hydrogens is 461 g/mol. The first-order chi connectivity index (χ1) is 16.0. The fourth-order valence-corrected chi connectivity index (χ4v) is 4.88. The lowest BCUT2D eigenvalue weighted by atomic mass is 9.99.